The van der Waals surface area contributed by atoms with Crippen molar-refractivity contribution in [1.29, 1.82) is 0 Å². The number of fused-ring (bicyclic) bond motifs is 2. The van der Waals surface area contributed by atoms with Crippen molar-refractivity contribution in [2.75, 3.05) is 6.61 Å². The van der Waals surface area contributed by atoms with Crippen LogP contribution in [0.4, 0.5) is 0 Å². The molecule has 8 heteroatoms. The van der Waals surface area contributed by atoms with Gasteiger partial charge in [0.15, 0.2) is 17.7 Å². The molecule has 2 aromatic heterocycles. The Hall–Kier alpha value is -2.74. The highest BCUT2D eigenvalue weighted by Crippen LogP contribution is 2.37. The van der Waals surface area contributed by atoms with Gasteiger partial charge in [0.2, 0.25) is 0 Å². The van der Waals surface area contributed by atoms with E-state index >= 15 is 0 Å². The van der Waals surface area contributed by atoms with Crippen LogP contribution >= 0.6 is 11.6 Å². The lowest BCUT2D eigenvalue weighted by atomic mass is 9.88. The van der Waals surface area contributed by atoms with Gasteiger partial charge in [-0.15, -0.1) is 0 Å². The number of ether oxygens (including phenoxy) is 2. The molecule has 3 aromatic rings. The molecule has 0 radical (unpaired) electrons. The Morgan fingerprint density at radius 2 is 2.03 bits per heavy atom. The first-order valence-corrected chi connectivity index (χ1v) is 12.5. The SMILES string of the molecule is Cc1ccn2cc(CCC(=O)[C@@H]3CC[C@@H](CC(=O)[C@H]4C[C@@H](O)c5cc(Cl)ccc5O4)CO3)nc2c1. The molecule has 0 spiro atoms. The highest BCUT2D eigenvalue weighted by atomic mass is 35.5. The molecule has 0 amide bonds. The summed E-state index contributed by atoms with van der Waals surface area (Å²) in [4.78, 5) is 30.2. The molecule has 184 valence electrons. The summed E-state index contributed by atoms with van der Waals surface area (Å²) < 4.78 is 13.7. The van der Waals surface area contributed by atoms with Gasteiger partial charge in [0.1, 0.15) is 17.5 Å². The topological polar surface area (TPSA) is 90.1 Å². The van der Waals surface area contributed by atoms with E-state index in [4.69, 9.17) is 21.1 Å². The molecular weight excluding hydrogens is 468 g/mol. The van der Waals surface area contributed by atoms with Gasteiger partial charge in [-0.2, -0.15) is 0 Å². The van der Waals surface area contributed by atoms with Crippen molar-refractivity contribution < 1.29 is 24.2 Å². The summed E-state index contributed by atoms with van der Waals surface area (Å²) in [6.07, 6.45) is 4.87. The first kappa shape index (κ1) is 24.0. The van der Waals surface area contributed by atoms with Crippen LogP contribution in [0.5, 0.6) is 5.75 Å². The molecule has 2 aliphatic rings. The lowest BCUT2D eigenvalue weighted by molar-refractivity contribution is -0.137. The van der Waals surface area contributed by atoms with E-state index in [-0.39, 0.29) is 23.9 Å². The number of aliphatic hydroxyl groups is 1. The number of aryl methyl sites for hydroxylation is 2. The highest BCUT2D eigenvalue weighted by molar-refractivity contribution is 6.30. The smallest absolute Gasteiger partial charge is 0.173 e. The van der Waals surface area contributed by atoms with E-state index in [9.17, 15) is 14.7 Å². The normalized spacial score (nSPS) is 24.1. The number of hydrogen-bond acceptors (Lipinski definition) is 6. The molecule has 0 aliphatic carbocycles. The van der Waals surface area contributed by atoms with Crippen molar-refractivity contribution in [3.05, 3.63) is 64.6 Å². The second kappa shape index (κ2) is 10.1. The van der Waals surface area contributed by atoms with E-state index in [1.807, 2.05) is 35.9 Å². The van der Waals surface area contributed by atoms with Crippen LogP contribution in [-0.4, -0.2) is 44.9 Å². The van der Waals surface area contributed by atoms with Crippen molar-refractivity contribution in [3.8, 4) is 5.75 Å². The van der Waals surface area contributed by atoms with Crippen molar-refractivity contribution >= 4 is 28.8 Å². The third-order valence-electron chi connectivity index (χ3n) is 6.91. The van der Waals surface area contributed by atoms with Crippen molar-refractivity contribution in [1.82, 2.24) is 9.38 Å². The van der Waals surface area contributed by atoms with Gasteiger partial charge >= 0.3 is 0 Å². The van der Waals surface area contributed by atoms with E-state index in [2.05, 4.69) is 4.98 Å². The number of hydrogen-bond donors (Lipinski definition) is 1. The fourth-order valence-electron chi connectivity index (χ4n) is 4.92. The monoisotopic (exact) mass is 496 g/mol. The van der Waals surface area contributed by atoms with Crippen LogP contribution in [0.25, 0.3) is 5.65 Å². The fraction of sp³-hybridized carbons (Fsp3) is 0.444. The molecule has 5 rings (SSSR count). The van der Waals surface area contributed by atoms with Gasteiger partial charge in [0.05, 0.1) is 18.4 Å². The van der Waals surface area contributed by atoms with Crippen LogP contribution in [0, 0.1) is 12.8 Å². The first-order valence-electron chi connectivity index (χ1n) is 12.1. The van der Waals surface area contributed by atoms with Gasteiger partial charge in [0.25, 0.3) is 0 Å². The maximum atomic E-state index is 12.9. The summed E-state index contributed by atoms with van der Waals surface area (Å²) in [6.45, 7) is 2.40. The summed E-state index contributed by atoms with van der Waals surface area (Å²) in [6, 6.07) is 9.09. The lowest BCUT2D eigenvalue weighted by Gasteiger charge is -2.31. The second-order valence-corrected chi connectivity index (χ2v) is 10.1. The third kappa shape index (κ3) is 5.42. The Kier molecular flexibility index (Phi) is 6.91. The first-order chi connectivity index (χ1) is 16.9. The summed E-state index contributed by atoms with van der Waals surface area (Å²) in [5.41, 5.74) is 3.54. The molecule has 7 nitrogen and oxygen atoms in total. The summed E-state index contributed by atoms with van der Waals surface area (Å²) in [5.74, 6) is 0.570. The molecule has 2 aliphatic heterocycles. The van der Waals surface area contributed by atoms with Crippen LogP contribution < -0.4 is 4.74 Å². The molecule has 1 aromatic carbocycles. The minimum Gasteiger partial charge on any atom is -0.482 e. The minimum atomic E-state index is -0.784. The maximum absolute atomic E-state index is 12.9. The van der Waals surface area contributed by atoms with Crippen molar-refractivity contribution in [2.24, 2.45) is 5.92 Å². The molecule has 1 N–H and O–H groups in total. The number of nitrogens with zero attached hydrogens (tertiary/aromatic N) is 2. The average Bonchev–Trinajstić information content (AvgIpc) is 3.25. The maximum Gasteiger partial charge on any atom is 0.173 e. The van der Waals surface area contributed by atoms with Gasteiger partial charge < -0.3 is 19.0 Å². The largest absolute Gasteiger partial charge is 0.482 e. The average molecular weight is 497 g/mol. The number of imidazole rings is 1. The number of carbonyl (C=O) groups is 2. The zero-order valence-corrected chi connectivity index (χ0v) is 20.4. The minimum absolute atomic E-state index is 0.0422. The van der Waals surface area contributed by atoms with Crippen LogP contribution in [0.2, 0.25) is 5.02 Å². The van der Waals surface area contributed by atoms with E-state index in [1.54, 1.807) is 18.2 Å². The zero-order chi connectivity index (χ0) is 24.5. The zero-order valence-electron chi connectivity index (χ0n) is 19.7. The number of benzene rings is 1. The van der Waals surface area contributed by atoms with Crippen LogP contribution in [0.15, 0.2) is 42.7 Å². The number of pyridine rings is 1. The number of halogens is 1. The van der Waals surface area contributed by atoms with Gasteiger partial charge in [-0.05, 0) is 68.0 Å². The number of aromatic nitrogens is 2. The summed E-state index contributed by atoms with van der Waals surface area (Å²) in [5, 5.41) is 11.0. The molecule has 1 saturated heterocycles. The van der Waals surface area contributed by atoms with E-state index in [0.717, 1.165) is 23.3 Å². The predicted octanol–water partition coefficient (Wildman–Crippen LogP) is 4.44. The predicted molar refractivity (Wildman–Crippen MR) is 131 cm³/mol. The third-order valence-corrected chi connectivity index (χ3v) is 7.14. The van der Waals surface area contributed by atoms with Crippen molar-refractivity contribution in [3.63, 3.8) is 0 Å². The molecule has 0 bridgehead atoms. The molecule has 35 heavy (non-hydrogen) atoms. The molecule has 0 saturated carbocycles. The Balaban J connectivity index is 1.09. The molecule has 1 fully saturated rings. The van der Waals surface area contributed by atoms with Gasteiger partial charge in [-0.25, -0.2) is 4.98 Å². The standard InChI is InChI=1S/C27H29ClN2O5/c1-16-8-9-30-14-19(29-27(30)10-16)4-5-21(31)25-6-2-17(15-34-25)11-23(33)26-13-22(32)20-12-18(28)3-7-24(20)35-26/h3,7-10,12,14,17,22,25-26,32H,2,4-6,11,13,15H2,1H3/t17-,22+,25-,26+/m0/s1. The Morgan fingerprint density at radius 3 is 2.83 bits per heavy atom. The fourth-order valence-corrected chi connectivity index (χ4v) is 5.10. The number of rotatable bonds is 7. The Labute approximate surface area is 209 Å². The molecule has 4 atom stereocenters. The number of aliphatic hydroxyl groups excluding tert-OH is 1. The second-order valence-electron chi connectivity index (χ2n) is 9.64. The number of carbonyl (C=O) groups excluding carboxylic acids is 2. The number of ketones is 2. The quantitative estimate of drug-likeness (QED) is 0.520. The van der Waals surface area contributed by atoms with Crippen LogP contribution in [-0.2, 0) is 20.7 Å². The van der Waals surface area contributed by atoms with Crippen LogP contribution in [0.3, 0.4) is 0 Å². The Morgan fingerprint density at radius 1 is 1.17 bits per heavy atom. The lowest BCUT2D eigenvalue weighted by Crippen LogP contribution is -2.37. The van der Waals surface area contributed by atoms with Crippen molar-refractivity contribution in [2.45, 2.75) is 63.8 Å². The van der Waals surface area contributed by atoms with E-state index < -0.39 is 18.3 Å². The van der Waals surface area contributed by atoms with Gasteiger partial charge in [0, 0.05) is 42.2 Å². The highest BCUT2D eigenvalue weighted by Gasteiger charge is 2.34. The molecule has 4 heterocycles. The summed E-state index contributed by atoms with van der Waals surface area (Å²) >= 11 is 6.00. The number of Topliss-reactive ketones (excluding diaryl/α,β-unsaturated/α-hetero) is 2. The summed E-state index contributed by atoms with van der Waals surface area (Å²) in [7, 11) is 0. The Bertz CT molecular complexity index is 1250. The van der Waals surface area contributed by atoms with E-state index in [1.165, 1.54) is 0 Å². The molecule has 0 unspecified atom stereocenters. The molecular formula is C27H29ClN2O5. The van der Waals surface area contributed by atoms with Gasteiger partial charge in [-0.3, -0.25) is 9.59 Å². The van der Waals surface area contributed by atoms with Crippen LogP contribution in [0.1, 0.15) is 55.0 Å². The van der Waals surface area contributed by atoms with E-state index in [0.29, 0.717) is 48.6 Å². The van der Waals surface area contributed by atoms with Gasteiger partial charge in [-0.1, -0.05) is 11.6 Å².